The molecule has 4 heteroatoms. The fourth-order valence-corrected chi connectivity index (χ4v) is 3.27. The minimum Gasteiger partial charge on any atom is -0.363 e. The van der Waals surface area contributed by atoms with E-state index >= 15 is 0 Å². The lowest BCUT2D eigenvalue weighted by atomic mass is 10.2. The van der Waals surface area contributed by atoms with Gasteiger partial charge < -0.3 is 4.23 Å². The van der Waals surface area contributed by atoms with Gasteiger partial charge in [0, 0.05) is 17.6 Å². The van der Waals surface area contributed by atoms with Crippen LogP contribution < -0.4 is 4.90 Å². The Balaban J connectivity index is 2.09. The highest BCUT2D eigenvalue weighted by Gasteiger charge is 2.20. The molecule has 3 rings (SSSR count). The first-order valence-electron chi connectivity index (χ1n) is 7.50. The van der Waals surface area contributed by atoms with Crippen LogP contribution in [0.5, 0.6) is 0 Å². The summed E-state index contributed by atoms with van der Waals surface area (Å²) in [7, 11) is -1.43. The van der Waals surface area contributed by atoms with Crippen LogP contribution in [0, 0.1) is 0 Å². The monoisotopic (exact) mass is 307 g/mol. The van der Waals surface area contributed by atoms with Gasteiger partial charge in [-0.3, -0.25) is 4.90 Å². The maximum Gasteiger partial charge on any atom is 0.154 e. The average Bonchev–Trinajstić information content (AvgIpc) is 2.99. The van der Waals surface area contributed by atoms with E-state index in [1.54, 1.807) is 0 Å². The van der Waals surface area contributed by atoms with Crippen molar-refractivity contribution in [3.8, 4) is 0 Å². The number of para-hydroxylation sites is 2. The molecule has 112 valence electrons. The molecule has 2 aromatic carbocycles. The summed E-state index contributed by atoms with van der Waals surface area (Å²) < 4.78 is 2.28. The van der Waals surface area contributed by atoms with Gasteiger partial charge >= 0.3 is 0 Å². The van der Waals surface area contributed by atoms with Crippen LogP contribution in [0.2, 0.25) is 19.6 Å². The molecule has 0 aliphatic heterocycles. The number of hydrogen-bond donors (Lipinski definition) is 0. The lowest BCUT2D eigenvalue weighted by Gasteiger charge is -2.23. The van der Waals surface area contributed by atoms with Gasteiger partial charge in [-0.2, -0.15) is 0 Å². The molecule has 0 amide bonds. The van der Waals surface area contributed by atoms with E-state index < -0.39 is 8.24 Å². The van der Waals surface area contributed by atoms with Crippen molar-refractivity contribution >= 4 is 25.4 Å². The first-order chi connectivity index (χ1) is 10.6. The highest BCUT2D eigenvalue weighted by molar-refractivity contribution is 6.74. The second-order valence-electron chi connectivity index (χ2n) is 6.32. The lowest BCUT2D eigenvalue weighted by Crippen LogP contribution is -2.30. The molecule has 1 heterocycles. The van der Waals surface area contributed by atoms with Crippen molar-refractivity contribution in [2.24, 2.45) is 0 Å². The average molecular weight is 307 g/mol. The van der Waals surface area contributed by atoms with Crippen LogP contribution in [0.1, 0.15) is 0 Å². The molecule has 22 heavy (non-hydrogen) atoms. The summed E-state index contributed by atoms with van der Waals surface area (Å²) in [5.41, 5.74) is 2.24. The number of rotatable bonds is 4. The maximum absolute atomic E-state index is 4.66. The van der Waals surface area contributed by atoms with Crippen molar-refractivity contribution < 1.29 is 0 Å². The van der Waals surface area contributed by atoms with Gasteiger partial charge in [0.2, 0.25) is 0 Å². The van der Waals surface area contributed by atoms with Crippen molar-refractivity contribution in [3.05, 3.63) is 73.2 Å². The van der Waals surface area contributed by atoms with Crippen molar-refractivity contribution in [1.29, 1.82) is 0 Å². The van der Waals surface area contributed by atoms with Crippen molar-refractivity contribution in [2.45, 2.75) is 19.6 Å². The van der Waals surface area contributed by atoms with Crippen LogP contribution in [-0.4, -0.2) is 17.5 Å². The third kappa shape index (κ3) is 2.97. The van der Waals surface area contributed by atoms with Crippen LogP contribution in [-0.2, 0) is 0 Å². The number of imidazole rings is 1. The van der Waals surface area contributed by atoms with Gasteiger partial charge in [0.25, 0.3) is 0 Å². The molecule has 0 atom stereocenters. The number of anilines is 3. The van der Waals surface area contributed by atoms with Crippen LogP contribution in [0.3, 0.4) is 0 Å². The Morgan fingerprint density at radius 3 is 1.73 bits per heavy atom. The van der Waals surface area contributed by atoms with Gasteiger partial charge in [-0.25, -0.2) is 4.98 Å². The third-order valence-electron chi connectivity index (χ3n) is 3.60. The molecule has 0 fully saturated rings. The van der Waals surface area contributed by atoms with Gasteiger partial charge in [0.15, 0.2) is 14.1 Å². The van der Waals surface area contributed by atoms with E-state index in [1.807, 2.05) is 18.5 Å². The Bertz CT molecular complexity index is 690. The summed E-state index contributed by atoms with van der Waals surface area (Å²) in [6.45, 7) is 6.94. The topological polar surface area (TPSA) is 21.1 Å². The zero-order valence-electron chi connectivity index (χ0n) is 13.3. The normalized spacial score (nSPS) is 11.4. The van der Waals surface area contributed by atoms with Gasteiger partial charge in [-0.05, 0) is 24.3 Å². The molecule has 0 bridgehead atoms. The predicted molar refractivity (Wildman–Crippen MR) is 95.7 cm³/mol. The number of benzene rings is 2. The Hall–Kier alpha value is -2.33. The van der Waals surface area contributed by atoms with Crippen molar-refractivity contribution in [1.82, 2.24) is 9.22 Å². The SMILES string of the molecule is C[Si](C)(C)n1cnc(N(c2ccccc2)c2ccccc2)c1. The van der Waals surface area contributed by atoms with E-state index in [4.69, 9.17) is 0 Å². The number of aromatic nitrogens is 2. The number of nitrogens with zero attached hydrogens (tertiary/aromatic N) is 3. The molecule has 3 aromatic rings. The van der Waals surface area contributed by atoms with Gasteiger partial charge in [-0.1, -0.05) is 56.0 Å². The standard InChI is InChI=1S/C18H21N3Si/c1-22(2,3)20-14-18(19-15-20)21(16-10-6-4-7-11-16)17-12-8-5-9-13-17/h4-15H,1-3H3. The lowest BCUT2D eigenvalue weighted by molar-refractivity contribution is 1.12. The van der Waals surface area contributed by atoms with E-state index in [0.717, 1.165) is 17.2 Å². The molecule has 0 aliphatic carbocycles. The fraction of sp³-hybridized carbons (Fsp3) is 0.167. The molecule has 0 spiro atoms. The number of hydrogen-bond acceptors (Lipinski definition) is 2. The third-order valence-corrected chi connectivity index (χ3v) is 5.40. The van der Waals surface area contributed by atoms with E-state index in [0.29, 0.717) is 0 Å². The van der Waals surface area contributed by atoms with Crippen molar-refractivity contribution in [2.75, 3.05) is 4.90 Å². The molecule has 0 aliphatic rings. The molecular formula is C18H21N3Si. The molecule has 0 saturated heterocycles. The summed E-state index contributed by atoms with van der Waals surface area (Å²) in [4.78, 5) is 6.85. The minimum absolute atomic E-state index is 0.958. The quantitative estimate of drug-likeness (QED) is 0.630. The molecule has 0 unspecified atom stereocenters. The highest BCUT2D eigenvalue weighted by atomic mass is 28.3. The minimum atomic E-state index is -1.43. The summed E-state index contributed by atoms with van der Waals surface area (Å²) >= 11 is 0. The van der Waals surface area contributed by atoms with Gasteiger partial charge in [0.1, 0.15) is 0 Å². The summed E-state index contributed by atoms with van der Waals surface area (Å²) in [6, 6.07) is 20.7. The molecule has 3 nitrogen and oxygen atoms in total. The fourth-order valence-electron chi connectivity index (χ4n) is 2.36. The van der Waals surface area contributed by atoms with Crippen LogP contribution in [0.15, 0.2) is 73.2 Å². The molecule has 1 aromatic heterocycles. The van der Waals surface area contributed by atoms with Crippen molar-refractivity contribution in [3.63, 3.8) is 0 Å². The zero-order valence-corrected chi connectivity index (χ0v) is 14.3. The summed E-state index contributed by atoms with van der Waals surface area (Å²) in [5.74, 6) is 0.958. The molecule has 0 N–H and O–H groups in total. The largest absolute Gasteiger partial charge is 0.363 e. The summed E-state index contributed by atoms with van der Waals surface area (Å²) in [5, 5.41) is 0. The molecular weight excluding hydrogens is 286 g/mol. The summed E-state index contributed by atoms with van der Waals surface area (Å²) in [6.07, 6.45) is 4.12. The van der Waals surface area contributed by atoms with Crippen LogP contribution in [0.4, 0.5) is 17.2 Å². The highest BCUT2D eigenvalue weighted by Crippen LogP contribution is 2.33. The Morgan fingerprint density at radius 1 is 0.818 bits per heavy atom. The second-order valence-corrected chi connectivity index (χ2v) is 11.2. The predicted octanol–water partition coefficient (Wildman–Crippen LogP) is 5.04. The Kier molecular flexibility index (Phi) is 3.86. The van der Waals surface area contributed by atoms with Gasteiger partial charge in [-0.15, -0.1) is 0 Å². The van der Waals surface area contributed by atoms with E-state index in [1.165, 1.54) is 0 Å². The molecule has 0 radical (unpaired) electrons. The molecule has 0 saturated carbocycles. The van der Waals surface area contributed by atoms with Crippen LogP contribution >= 0.6 is 0 Å². The maximum atomic E-state index is 4.66. The smallest absolute Gasteiger partial charge is 0.154 e. The van der Waals surface area contributed by atoms with Crippen LogP contribution in [0.25, 0.3) is 0 Å². The van der Waals surface area contributed by atoms with E-state index in [-0.39, 0.29) is 0 Å². The Labute approximate surface area is 132 Å². The first-order valence-corrected chi connectivity index (χ1v) is 10.9. The Morgan fingerprint density at radius 2 is 1.32 bits per heavy atom. The van der Waals surface area contributed by atoms with E-state index in [2.05, 4.69) is 88.5 Å². The zero-order chi connectivity index (χ0) is 15.6. The van der Waals surface area contributed by atoms with Gasteiger partial charge in [0.05, 0.1) is 6.33 Å². The van der Waals surface area contributed by atoms with E-state index in [9.17, 15) is 0 Å². The first kappa shape index (κ1) is 14.6. The second kappa shape index (κ2) is 5.81.